The highest BCUT2D eigenvalue weighted by molar-refractivity contribution is 8.00. The Morgan fingerprint density at radius 3 is 3.06 bits per heavy atom. The predicted octanol–water partition coefficient (Wildman–Crippen LogP) is 1.27. The third-order valence-corrected chi connectivity index (χ3v) is 5.28. The molecule has 17 heavy (non-hydrogen) atoms. The number of hydrogen-bond donors (Lipinski definition) is 2. The van der Waals surface area contributed by atoms with E-state index in [1.165, 1.54) is 24.2 Å². The second kappa shape index (κ2) is 5.37. The number of rotatable bonds is 6. The number of nitrogens with one attached hydrogen (secondary N) is 1. The first-order valence-electron chi connectivity index (χ1n) is 5.67. The molecule has 0 unspecified atom stereocenters. The molecule has 0 saturated heterocycles. The summed E-state index contributed by atoms with van der Waals surface area (Å²) in [6.07, 6.45) is 5.24. The van der Waals surface area contributed by atoms with Gasteiger partial charge in [0.25, 0.3) is 5.91 Å². The Bertz CT molecular complexity index is 401. The maximum atomic E-state index is 11.8. The Kier molecular flexibility index (Phi) is 4.06. The van der Waals surface area contributed by atoms with Crippen LogP contribution < -0.4 is 11.1 Å². The van der Waals surface area contributed by atoms with Crippen molar-refractivity contribution in [1.82, 2.24) is 10.3 Å². The lowest BCUT2D eigenvalue weighted by atomic mass is 10.3. The lowest BCUT2D eigenvalue weighted by Crippen LogP contribution is -2.31. The highest BCUT2D eigenvalue weighted by atomic mass is 32.2. The fraction of sp³-hybridized carbons (Fsp3) is 0.636. The van der Waals surface area contributed by atoms with Crippen LogP contribution in [0.2, 0.25) is 0 Å². The summed E-state index contributed by atoms with van der Waals surface area (Å²) in [4.78, 5) is 16.1. The second-order valence-electron chi connectivity index (χ2n) is 4.23. The van der Waals surface area contributed by atoms with Gasteiger partial charge in [0.15, 0.2) is 0 Å². The van der Waals surface area contributed by atoms with Crippen molar-refractivity contribution in [3.05, 3.63) is 16.1 Å². The highest BCUT2D eigenvalue weighted by Crippen LogP contribution is 2.46. The van der Waals surface area contributed by atoms with E-state index < -0.39 is 0 Å². The average Bonchev–Trinajstić information content (AvgIpc) is 2.98. The van der Waals surface area contributed by atoms with Crippen molar-refractivity contribution in [3.63, 3.8) is 0 Å². The van der Waals surface area contributed by atoms with Crippen LogP contribution in [0.1, 0.15) is 28.3 Å². The fourth-order valence-electron chi connectivity index (χ4n) is 1.58. The van der Waals surface area contributed by atoms with E-state index in [1.54, 1.807) is 5.38 Å². The normalized spacial score (nSPS) is 16.8. The molecule has 94 valence electrons. The van der Waals surface area contributed by atoms with Crippen LogP contribution >= 0.6 is 23.1 Å². The Labute approximate surface area is 109 Å². The molecule has 0 radical (unpaired) electrons. The molecule has 1 aliphatic rings. The summed E-state index contributed by atoms with van der Waals surface area (Å²) < 4.78 is 0.297. The molecule has 1 heterocycles. The van der Waals surface area contributed by atoms with Crippen LogP contribution in [0, 0.1) is 0 Å². The van der Waals surface area contributed by atoms with E-state index in [9.17, 15) is 4.79 Å². The third-order valence-electron chi connectivity index (χ3n) is 2.95. The number of nitrogens with zero attached hydrogens (tertiary/aromatic N) is 1. The molecule has 1 fully saturated rings. The Morgan fingerprint density at radius 1 is 1.71 bits per heavy atom. The lowest BCUT2D eigenvalue weighted by Gasteiger charge is -2.11. The van der Waals surface area contributed by atoms with Crippen LogP contribution in [0.4, 0.5) is 0 Å². The van der Waals surface area contributed by atoms with Crippen LogP contribution in [-0.2, 0) is 6.42 Å². The van der Waals surface area contributed by atoms with Gasteiger partial charge in [0.2, 0.25) is 0 Å². The summed E-state index contributed by atoms with van der Waals surface area (Å²) in [5, 5.41) is 5.70. The van der Waals surface area contributed by atoms with Gasteiger partial charge in [-0.2, -0.15) is 11.8 Å². The summed E-state index contributed by atoms with van der Waals surface area (Å²) >= 11 is 3.34. The van der Waals surface area contributed by atoms with E-state index in [2.05, 4.69) is 16.6 Å². The zero-order chi connectivity index (χ0) is 12.3. The van der Waals surface area contributed by atoms with Crippen molar-refractivity contribution in [3.8, 4) is 0 Å². The largest absolute Gasteiger partial charge is 0.349 e. The molecule has 0 aliphatic heterocycles. The maximum absolute atomic E-state index is 11.8. The quantitative estimate of drug-likeness (QED) is 0.817. The van der Waals surface area contributed by atoms with Gasteiger partial charge in [-0.1, -0.05) is 0 Å². The standard InChI is InChI=1S/C11H17N3OS2/c1-16-11(3-4-11)7-13-10(15)8-6-17-9(14-8)2-5-12/h6H,2-5,7,12H2,1H3,(H,13,15). The summed E-state index contributed by atoms with van der Waals surface area (Å²) in [5.74, 6) is -0.0650. The van der Waals surface area contributed by atoms with Crippen LogP contribution in [-0.4, -0.2) is 35.0 Å². The third kappa shape index (κ3) is 3.20. The van der Waals surface area contributed by atoms with Crippen molar-refractivity contribution in [2.75, 3.05) is 19.3 Å². The van der Waals surface area contributed by atoms with Gasteiger partial charge in [0.05, 0.1) is 5.01 Å². The number of thioether (sulfide) groups is 1. The molecular weight excluding hydrogens is 254 g/mol. The molecule has 0 atom stereocenters. The monoisotopic (exact) mass is 271 g/mol. The smallest absolute Gasteiger partial charge is 0.270 e. The summed E-state index contributed by atoms with van der Waals surface area (Å²) in [5.41, 5.74) is 5.97. The molecule has 1 amide bonds. The van der Waals surface area contributed by atoms with E-state index in [0.29, 0.717) is 17.0 Å². The van der Waals surface area contributed by atoms with Crippen LogP contribution in [0.3, 0.4) is 0 Å². The van der Waals surface area contributed by atoms with Crippen molar-refractivity contribution in [2.24, 2.45) is 5.73 Å². The maximum Gasteiger partial charge on any atom is 0.270 e. The molecule has 0 bridgehead atoms. The Hall–Kier alpha value is -0.590. The Balaban J connectivity index is 1.86. The lowest BCUT2D eigenvalue weighted by molar-refractivity contribution is 0.0948. The minimum atomic E-state index is -0.0650. The van der Waals surface area contributed by atoms with E-state index >= 15 is 0 Å². The first kappa shape index (κ1) is 12.9. The van der Waals surface area contributed by atoms with Crippen molar-refractivity contribution in [1.29, 1.82) is 0 Å². The average molecular weight is 271 g/mol. The van der Waals surface area contributed by atoms with Crippen molar-refractivity contribution >= 4 is 29.0 Å². The molecule has 1 aliphatic carbocycles. The molecule has 3 N–H and O–H groups in total. The molecule has 0 aromatic carbocycles. The van der Waals surface area contributed by atoms with Crippen LogP contribution in [0.5, 0.6) is 0 Å². The van der Waals surface area contributed by atoms with E-state index in [0.717, 1.165) is 18.0 Å². The van der Waals surface area contributed by atoms with Crippen LogP contribution in [0.25, 0.3) is 0 Å². The topological polar surface area (TPSA) is 68.0 Å². The number of nitrogens with two attached hydrogens (primary N) is 1. The molecule has 1 aromatic rings. The van der Waals surface area contributed by atoms with E-state index in [4.69, 9.17) is 5.73 Å². The number of aromatic nitrogens is 1. The molecule has 1 aromatic heterocycles. The van der Waals surface area contributed by atoms with Crippen molar-refractivity contribution < 1.29 is 4.79 Å². The van der Waals surface area contributed by atoms with Gasteiger partial charge in [0, 0.05) is 23.1 Å². The van der Waals surface area contributed by atoms with Gasteiger partial charge < -0.3 is 11.1 Å². The van der Waals surface area contributed by atoms with Crippen LogP contribution in [0.15, 0.2) is 5.38 Å². The summed E-state index contributed by atoms with van der Waals surface area (Å²) in [6, 6.07) is 0. The zero-order valence-corrected chi connectivity index (χ0v) is 11.5. The number of amides is 1. The van der Waals surface area contributed by atoms with Gasteiger partial charge in [0.1, 0.15) is 5.69 Å². The molecule has 2 rings (SSSR count). The molecule has 4 nitrogen and oxygen atoms in total. The van der Waals surface area contributed by atoms with Gasteiger partial charge in [-0.05, 0) is 25.6 Å². The molecule has 0 spiro atoms. The number of thiazole rings is 1. The number of hydrogen-bond acceptors (Lipinski definition) is 5. The minimum absolute atomic E-state index is 0.0650. The molecule has 1 saturated carbocycles. The number of carbonyl (C=O) groups excluding carboxylic acids is 1. The van der Waals surface area contributed by atoms with Gasteiger partial charge in [-0.15, -0.1) is 11.3 Å². The van der Waals surface area contributed by atoms with E-state index in [1.807, 2.05) is 11.8 Å². The van der Waals surface area contributed by atoms with Gasteiger partial charge in [-0.3, -0.25) is 4.79 Å². The zero-order valence-electron chi connectivity index (χ0n) is 9.86. The summed E-state index contributed by atoms with van der Waals surface area (Å²) in [7, 11) is 0. The highest BCUT2D eigenvalue weighted by Gasteiger charge is 2.42. The molecule has 6 heteroatoms. The Morgan fingerprint density at radius 2 is 2.47 bits per heavy atom. The SMILES string of the molecule is CSC1(CNC(=O)c2csc(CCN)n2)CC1. The predicted molar refractivity (Wildman–Crippen MR) is 72.7 cm³/mol. The first-order chi connectivity index (χ1) is 8.19. The molecular formula is C11H17N3OS2. The van der Waals surface area contributed by atoms with Gasteiger partial charge in [-0.25, -0.2) is 4.98 Å². The minimum Gasteiger partial charge on any atom is -0.349 e. The first-order valence-corrected chi connectivity index (χ1v) is 7.77. The number of carbonyl (C=O) groups is 1. The van der Waals surface area contributed by atoms with Crippen molar-refractivity contribution in [2.45, 2.75) is 24.0 Å². The summed E-state index contributed by atoms with van der Waals surface area (Å²) in [6.45, 7) is 1.32. The van der Waals surface area contributed by atoms with E-state index in [-0.39, 0.29) is 5.91 Å². The van der Waals surface area contributed by atoms with Gasteiger partial charge >= 0.3 is 0 Å². The second-order valence-corrected chi connectivity index (χ2v) is 6.45. The fourth-order valence-corrected chi connectivity index (χ4v) is 3.10.